The van der Waals surface area contributed by atoms with Crippen LogP contribution in [0.4, 0.5) is 0 Å². The zero-order valence-corrected chi connectivity index (χ0v) is 9.67. The SMILES string of the molecule is Cc1cc(CCBr)ccc1CC(=O)O. The van der Waals surface area contributed by atoms with Crippen molar-refractivity contribution < 1.29 is 9.90 Å². The van der Waals surface area contributed by atoms with Gasteiger partial charge < -0.3 is 5.11 Å². The van der Waals surface area contributed by atoms with Crippen LogP contribution in [0, 0.1) is 6.92 Å². The highest BCUT2D eigenvalue weighted by Gasteiger charge is 2.04. The lowest BCUT2D eigenvalue weighted by atomic mass is 10.0. The number of hydrogen-bond donors (Lipinski definition) is 1. The first kappa shape index (κ1) is 11.2. The van der Waals surface area contributed by atoms with Crippen molar-refractivity contribution in [1.82, 2.24) is 0 Å². The van der Waals surface area contributed by atoms with Crippen LogP contribution in [0.25, 0.3) is 0 Å². The van der Waals surface area contributed by atoms with E-state index in [9.17, 15) is 4.79 Å². The normalized spacial score (nSPS) is 10.1. The molecule has 2 nitrogen and oxygen atoms in total. The maximum absolute atomic E-state index is 10.5. The smallest absolute Gasteiger partial charge is 0.307 e. The number of aliphatic carboxylic acids is 1. The van der Waals surface area contributed by atoms with Gasteiger partial charge >= 0.3 is 5.97 Å². The fourth-order valence-corrected chi connectivity index (χ4v) is 1.84. The molecule has 0 saturated heterocycles. The van der Waals surface area contributed by atoms with E-state index < -0.39 is 5.97 Å². The van der Waals surface area contributed by atoms with Gasteiger partial charge in [-0.05, 0) is 30.0 Å². The summed E-state index contributed by atoms with van der Waals surface area (Å²) in [4.78, 5) is 10.5. The monoisotopic (exact) mass is 256 g/mol. The predicted octanol–water partition coefficient (Wildman–Crippen LogP) is 2.56. The van der Waals surface area contributed by atoms with Gasteiger partial charge in [-0.3, -0.25) is 4.79 Å². The molecule has 0 unspecified atom stereocenters. The van der Waals surface area contributed by atoms with Crippen LogP contribution in [0.3, 0.4) is 0 Å². The fourth-order valence-electron chi connectivity index (χ4n) is 1.38. The average molecular weight is 257 g/mol. The van der Waals surface area contributed by atoms with E-state index in [-0.39, 0.29) is 6.42 Å². The van der Waals surface area contributed by atoms with Crippen molar-refractivity contribution in [2.75, 3.05) is 5.33 Å². The second-order valence-electron chi connectivity index (χ2n) is 3.27. The van der Waals surface area contributed by atoms with Crippen molar-refractivity contribution in [2.45, 2.75) is 19.8 Å². The highest BCUT2D eigenvalue weighted by atomic mass is 79.9. The molecule has 0 spiro atoms. The second kappa shape index (κ2) is 5.15. The Morgan fingerprint density at radius 3 is 2.71 bits per heavy atom. The van der Waals surface area contributed by atoms with Crippen molar-refractivity contribution in [2.24, 2.45) is 0 Å². The molecule has 1 aromatic carbocycles. The molecule has 1 rings (SSSR count). The minimum atomic E-state index is -0.777. The highest BCUT2D eigenvalue weighted by Crippen LogP contribution is 2.13. The standard InChI is InChI=1S/C11H13BrO2/c1-8-6-9(4-5-12)2-3-10(8)7-11(13)14/h2-3,6H,4-5,7H2,1H3,(H,13,14). The molecule has 0 heterocycles. The Morgan fingerprint density at radius 1 is 1.50 bits per heavy atom. The number of carboxylic acids is 1. The molecule has 1 aromatic rings. The lowest BCUT2D eigenvalue weighted by Gasteiger charge is -2.05. The molecule has 0 amide bonds. The van der Waals surface area contributed by atoms with E-state index in [0.717, 1.165) is 22.9 Å². The predicted molar refractivity (Wildman–Crippen MR) is 60.0 cm³/mol. The first-order chi connectivity index (χ1) is 6.63. The van der Waals surface area contributed by atoms with Crippen LogP contribution < -0.4 is 0 Å². The summed E-state index contributed by atoms with van der Waals surface area (Å²) >= 11 is 3.38. The Hall–Kier alpha value is -0.830. The molecule has 76 valence electrons. The summed E-state index contributed by atoms with van der Waals surface area (Å²) in [7, 11) is 0. The summed E-state index contributed by atoms with van der Waals surface area (Å²) in [6.45, 7) is 1.95. The van der Waals surface area contributed by atoms with Crippen molar-refractivity contribution >= 4 is 21.9 Å². The summed E-state index contributed by atoms with van der Waals surface area (Å²) in [6.07, 6.45) is 1.09. The average Bonchev–Trinajstić information content (AvgIpc) is 2.10. The maximum Gasteiger partial charge on any atom is 0.307 e. The van der Waals surface area contributed by atoms with Gasteiger partial charge in [-0.15, -0.1) is 0 Å². The Labute approximate surface area is 92.1 Å². The molecule has 0 radical (unpaired) electrons. The van der Waals surface area contributed by atoms with Gasteiger partial charge in [0.2, 0.25) is 0 Å². The zero-order valence-electron chi connectivity index (χ0n) is 8.09. The fraction of sp³-hybridized carbons (Fsp3) is 0.364. The Morgan fingerprint density at radius 2 is 2.21 bits per heavy atom. The highest BCUT2D eigenvalue weighted by molar-refractivity contribution is 9.09. The van der Waals surface area contributed by atoms with Crippen molar-refractivity contribution in [3.8, 4) is 0 Å². The third-order valence-corrected chi connectivity index (χ3v) is 2.53. The molecule has 0 atom stereocenters. The quantitative estimate of drug-likeness (QED) is 0.841. The van der Waals surface area contributed by atoms with Gasteiger partial charge in [0.25, 0.3) is 0 Å². The molecule has 0 bridgehead atoms. The molecule has 0 aliphatic heterocycles. The largest absolute Gasteiger partial charge is 0.481 e. The van der Waals surface area contributed by atoms with Crippen LogP contribution in [0.1, 0.15) is 16.7 Å². The van der Waals surface area contributed by atoms with E-state index in [4.69, 9.17) is 5.11 Å². The number of halogens is 1. The Bertz CT molecular complexity index is 334. The third-order valence-electron chi connectivity index (χ3n) is 2.13. The number of hydrogen-bond acceptors (Lipinski definition) is 1. The third kappa shape index (κ3) is 3.14. The Balaban J connectivity index is 2.84. The number of aryl methyl sites for hydroxylation is 2. The van der Waals surface area contributed by atoms with Gasteiger partial charge in [-0.1, -0.05) is 34.1 Å². The van der Waals surface area contributed by atoms with E-state index in [1.54, 1.807) is 0 Å². The molecule has 0 saturated carbocycles. The van der Waals surface area contributed by atoms with Crippen molar-refractivity contribution in [3.05, 3.63) is 34.9 Å². The summed E-state index contributed by atoms with van der Waals surface area (Å²) < 4.78 is 0. The van der Waals surface area contributed by atoms with Crippen LogP contribution in [-0.4, -0.2) is 16.4 Å². The van der Waals surface area contributed by atoms with Crippen LogP contribution >= 0.6 is 15.9 Å². The number of alkyl halides is 1. The van der Waals surface area contributed by atoms with Crippen LogP contribution in [0.2, 0.25) is 0 Å². The molecule has 0 aliphatic carbocycles. The van der Waals surface area contributed by atoms with E-state index in [1.807, 2.05) is 19.1 Å². The molecule has 0 aliphatic rings. The van der Waals surface area contributed by atoms with E-state index in [0.29, 0.717) is 0 Å². The second-order valence-corrected chi connectivity index (χ2v) is 4.06. The summed E-state index contributed by atoms with van der Waals surface area (Å²) in [5, 5.41) is 9.59. The van der Waals surface area contributed by atoms with E-state index in [1.165, 1.54) is 5.56 Å². The van der Waals surface area contributed by atoms with Gasteiger partial charge in [0.05, 0.1) is 6.42 Å². The van der Waals surface area contributed by atoms with Crippen LogP contribution in [0.5, 0.6) is 0 Å². The van der Waals surface area contributed by atoms with Crippen LogP contribution in [-0.2, 0) is 17.6 Å². The van der Waals surface area contributed by atoms with Crippen molar-refractivity contribution in [1.29, 1.82) is 0 Å². The lowest BCUT2D eigenvalue weighted by Crippen LogP contribution is -2.02. The minimum absolute atomic E-state index is 0.112. The number of benzene rings is 1. The molecule has 3 heteroatoms. The van der Waals surface area contributed by atoms with E-state index in [2.05, 4.69) is 22.0 Å². The van der Waals surface area contributed by atoms with Gasteiger partial charge in [0, 0.05) is 5.33 Å². The summed E-state index contributed by atoms with van der Waals surface area (Å²) in [5.74, 6) is -0.777. The zero-order chi connectivity index (χ0) is 10.6. The van der Waals surface area contributed by atoms with Gasteiger partial charge in [0.15, 0.2) is 0 Å². The Kier molecular flexibility index (Phi) is 4.14. The minimum Gasteiger partial charge on any atom is -0.481 e. The summed E-state index contributed by atoms with van der Waals surface area (Å²) in [5.41, 5.74) is 3.20. The molecule has 0 fully saturated rings. The number of carboxylic acid groups (broad SMARTS) is 1. The molecule has 1 N–H and O–H groups in total. The first-order valence-electron chi connectivity index (χ1n) is 4.49. The molecular formula is C11H13BrO2. The van der Waals surface area contributed by atoms with Gasteiger partial charge in [-0.2, -0.15) is 0 Å². The maximum atomic E-state index is 10.5. The summed E-state index contributed by atoms with van der Waals surface area (Å²) in [6, 6.07) is 5.95. The lowest BCUT2D eigenvalue weighted by molar-refractivity contribution is -0.136. The number of rotatable bonds is 4. The molecule has 14 heavy (non-hydrogen) atoms. The van der Waals surface area contributed by atoms with E-state index >= 15 is 0 Å². The molecule has 0 aromatic heterocycles. The number of carbonyl (C=O) groups is 1. The van der Waals surface area contributed by atoms with Crippen molar-refractivity contribution in [3.63, 3.8) is 0 Å². The molecular weight excluding hydrogens is 244 g/mol. The topological polar surface area (TPSA) is 37.3 Å². The van der Waals surface area contributed by atoms with Crippen LogP contribution in [0.15, 0.2) is 18.2 Å². The first-order valence-corrected chi connectivity index (χ1v) is 5.62. The van der Waals surface area contributed by atoms with Gasteiger partial charge in [0.1, 0.15) is 0 Å². The van der Waals surface area contributed by atoms with Gasteiger partial charge in [-0.25, -0.2) is 0 Å².